The van der Waals surface area contributed by atoms with Crippen LogP contribution in [0, 0.1) is 0 Å². The molecule has 0 aromatic rings. The molecule has 1 heterocycles. The molecule has 1 aliphatic carbocycles. The smallest absolute Gasteiger partial charge is 0.0842 e. The second-order valence-electron chi connectivity index (χ2n) is 3.45. The number of epoxide rings is 1. The fraction of sp³-hybridized carbons (Fsp3) is 1.00. The van der Waals surface area contributed by atoms with Gasteiger partial charge in [-0.15, -0.1) is 0 Å². The van der Waals surface area contributed by atoms with Crippen molar-refractivity contribution >= 4 is 15.9 Å². The third-order valence-electron chi connectivity index (χ3n) is 2.58. The molecular formula is C8H13BrO2. The van der Waals surface area contributed by atoms with E-state index in [1.807, 2.05) is 0 Å². The van der Waals surface area contributed by atoms with Crippen LogP contribution in [0.1, 0.15) is 25.7 Å². The fourth-order valence-electron chi connectivity index (χ4n) is 1.72. The van der Waals surface area contributed by atoms with Crippen LogP contribution in [0.5, 0.6) is 0 Å². The summed E-state index contributed by atoms with van der Waals surface area (Å²) < 4.78 is 5.40. The predicted molar refractivity (Wildman–Crippen MR) is 45.9 cm³/mol. The molecule has 0 aromatic carbocycles. The molecule has 64 valence electrons. The minimum absolute atomic E-state index is 0.167. The monoisotopic (exact) mass is 220 g/mol. The van der Waals surface area contributed by atoms with Gasteiger partial charge in [0, 0.05) is 4.83 Å². The van der Waals surface area contributed by atoms with Crippen LogP contribution in [0.2, 0.25) is 0 Å². The topological polar surface area (TPSA) is 32.8 Å². The van der Waals surface area contributed by atoms with Gasteiger partial charge in [0.1, 0.15) is 0 Å². The maximum Gasteiger partial charge on any atom is 0.0842 e. The minimum atomic E-state index is -0.167. The Kier molecular flexibility index (Phi) is 2.21. The second-order valence-corrected chi connectivity index (χ2v) is 4.63. The van der Waals surface area contributed by atoms with E-state index < -0.39 is 0 Å². The van der Waals surface area contributed by atoms with E-state index in [2.05, 4.69) is 15.9 Å². The molecule has 0 amide bonds. The lowest BCUT2D eigenvalue weighted by Crippen LogP contribution is -2.23. The number of hydrogen-bond acceptors (Lipinski definition) is 2. The number of rotatable bonds is 0. The number of aliphatic hydroxyl groups is 1. The predicted octanol–water partition coefficient (Wildman–Crippen LogP) is 1.45. The Balaban J connectivity index is 1.89. The first-order valence-corrected chi connectivity index (χ1v) is 5.16. The Hall–Kier alpha value is 0.400. The first kappa shape index (κ1) is 8.02. The molecule has 0 bridgehead atoms. The Bertz CT molecular complexity index is 135. The van der Waals surface area contributed by atoms with E-state index in [1.165, 1.54) is 0 Å². The standard InChI is InChI=1S/C8H13BrO2/c9-5-1-3-7-8(11-7)4-2-6(5)10/h5-8,10H,1-4H2/t5-,6-,7-,8+/m1/s1. The van der Waals surface area contributed by atoms with E-state index in [9.17, 15) is 5.11 Å². The van der Waals surface area contributed by atoms with Gasteiger partial charge in [-0.1, -0.05) is 15.9 Å². The molecule has 1 saturated heterocycles. The summed E-state index contributed by atoms with van der Waals surface area (Å²) >= 11 is 3.48. The molecule has 0 aromatic heterocycles. The fourth-order valence-corrected chi connectivity index (χ4v) is 2.25. The number of fused-ring (bicyclic) bond motifs is 1. The van der Waals surface area contributed by atoms with Gasteiger partial charge in [0.15, 0.2) is 0 Å². The lowest BCUT2D eigenvalue weighted by Gasteiger charge is -2.17. The molecule has 0 spiro atoms. The van der Waals surface area contributed by atoms with Crippen LogP contribution in [0.3, 0.4) is 0 Å². The van der Waals surface area contributed by atoms with Crippen LogP contribution >= 0.6 is 15.9 Å². The third kappa shape index (κ3) is 1.76. The van der Waals surface area contributed by atoms with E-state index in [-0.39, 0.29) is 10.9 Å². The number of halogens is 1. The molecule has 1 aliphatic heterocycles. The van der Waals surface area contributed by atoms with E-state index >= 15 is 0 Å². The number of hydrogen-bond donors (Lipinski definition) is 1. The summed E-state index contributed by atoms with van der Waals surface area (Å²) in [5.41, 5.74) is 0. The van der Waals surface area contributed by atoms with Gasteiger partial charge in [0.05, 0.1) is 18.3 Å². The minimum Gasteiger partial charge on any atom is -0.392 e. The highest BCUT2D eigenvalue weighted by Gasteiger charge is 2.40. The van der Waals surface area contributed by atoms with Crippen LogP contribution in [0.4, 0.5) is 0 Å². The summed E-state index contributed by atoms with van der Waals surface area (Å²) in [6.07, 6.45) is 4.90. The van der Waals surface area contributed by atoms with Gasteiger partial charge < -0.3 is 9.84 Å². The first-order valence-electron chi connectivity index (χ1n) is 4.25. The highest BCUT2D eigenvalue weighted by molar-refractivity contribution is 9.09. The number of alkyl halides is 1. The summed E-state index contributed by atoms with van der Waals surface area (Å²) in [5.74, 6) is 0. The molecule has 2 nitrogen and oxygen atoms in total. The Morgan fingerprint density at radius 1 is 1.09 bits per heavy atom. The van der Waals surface area contributed by atoms with E-state index in [0.717, 1.165) is 25.7 Å². The SMILES string of the molecule is O[C@@H]1CC[C@@H]2O[C@@H]2CC[C@H]1Br. The van der Waals surface area contributed by atoms with Crippen LogP contribution < -0.4 is 0 Å². The Labute approximate surface area is 75.1 Å². The van der Waals surface area contributed by atoms with Crippen LogP contribution in [0.15, 0.2) is 0 Å². The third-order valence-corrected chi connectivity index (χ3v) is 3.65. The second kappa shape index (κ2) is 3.04. The molecule has 3 heteroatoms. The largest absolute Gasteiger partial charge is 0.392 e. The maximum absolute atomic E-state index is 9.52. The molecule has 0 radical (unpaired) electrons. The van der Waals surface area contributed by atoms with Crippen molar-refractivity contribution in [1.29, 1.82) is 0 Å². The normalized spacial score (nSPS) is 50.7. The van der Waals surface area contributed by atoms with E-state index in [0.29, 0.717) is 12.2 Å². The molecular weight excluding hydrogens is 208 g/mol. The van der Waals surface area contributed by atoms with Gasteiger partial charge >= 0.3 is 0 Å². The van der Waals surface area contributed by atoms with Gasteiger partial charge in [-0.3, -0.25) is 0 Å². The summed E-state index contributed by atoms with van der Waals surface area (Å²) in [5, 5.41) is 9.52. The molecule has 4 atom stereocenters. The van der Waals surface area contributed by atoms with Gasteiger partial charge in [0.2, 0.25) is 0 Å². The highest BCUT2D eigenvalue weighted by Crippen LogP contribution is 2.35. The first-order chi connectivity index (χ1) is 5.27. The molecule has 2 aliphatic rings. The van der Waals surface area contributed by atoms with Crippen molar-refractivity contribution < 1.29 is 9.84 Å². The van der Waals surface area contributed by atoms with E-state index in [4.69, 9.17) is 4.74 Å². The summed E-state index contributed by atoms with van der Waals surface area (Å²) in [6, 6.07) is 0. The highest BCUT2D eigenvalue weighted by atomic mass is 79.9. The molecule has 0 unspecified atom stereocenters. The van der Waals surface area contributed by atoms with Gasteiger partial charge in [0.25, 0.3) is 0 Å². The molecule has 1 saturated carbocycles. The molecule has 2 rings (SSSR count). The van der Waals surface area contributed by atoms with E-state index in [1.54, 1.807) is 0 Å². The van der Waals surface area contributed by atoms with Crippen molar-refractivity contribution in [3.05, 3.63) is 0 Å². The van der Waals surface area contributed by atoms with Crippen molar-refractivity contribution in [1.82, 2.24) is 0 Å². The average Bonchev–Trinajstić information content (AvgIpc) is 2.72. The lowest BCUT2D eigenvalue weighted by molar-refractivity contribution is 0.152. The zero-order valence-electron chi connectivity index (χ0n) is 6.37. The zero-order valence-corrected chi connectivity index (χ0v) is 7.96. The Morgan fingerprint density at radius 3 is 2.45 bits per heavy atom. The van der Waals surface area contributed by atoms with Crippen LogP contribution in [-0.4, -0.2) is 28.2 Å². The number of aliphatic hydroxyl groups excluding tert-OH is 1. The quantitative estimate of drug-likeness (QED) is 0.496. The van der Waals surface area contributed by atoms with Crippen molar-refractivity contribution in [3.8, 4) is 0 Å². The summed E-state index contributed by atoms with van der Waals surface area (Å²) in [7, 11) is 0. The lowest BCUT2D eigenvalue weighted by atomic mass is 9.99. The van der Waals surface area contributed by atoms with Gasteiger partial charge in [-0.2, -0.15) is 0 Å². The van der Waals surface area contributed by atoms with Gasteiger partial charge in [-0.25, -0.2) is 0 Å². The Morgan fingerprint density at radius 2 is 1.73 bits per heavy atom. The zero-order chi connectivity index (χ0) is 7.84. The average molecular weight is 221 g/mol. The van der Waals surface area contributed by atoms with Crippen molar-refractivity contribution in [3.63, 3.8) is 0 Å². The van der Waals surface area contributed by atoms with Crippen LogP contribution in [-0.2, 0) is 4.74 Å². The molecule has 1 N–H and O–H groups in total. The number of ether oxygens (including phenoxy) is 1. The van der Waals surface area contributed by atoms with Crippen molar-refractivity contribution in [2.75, 3.05) is 0 Å². The van der Waals surface area contributed by atoms with Crippen molar-refractivity contribution in [2.24, 2.45) is 0 Å². The molecule has 2 fully saturated rings. The maximum atomic E-state index is 9.52. The summed E-state index contributed by atoms with van der Waals surface area (Å²) in [4.78, 5) is 0.285. The van der Waals surface area contributed by atoms with Crippen molar-refractivity contribution in [2.45, 2.75) is 48.8 Å². The van der Waals surface area contributed by atoms with Gasteiger partial charge in [-0.05, 0) is 25.7 Å². The molecule has 11 heavy (non-hydrogen) atoms. The summed E-state index contributed by atoms with van der Waals surface area (Å²) in [6.45, 7) is 0. The van der Waals surface area contributed by atoms with Crippen LogP contribution in [0.25, 0.3) is 0 Å².